The summed E-state index contributed by atoms with van der Waals surface area (Å²) in [6.07, 6.45) is 0. The van der Waals surface area contributed by atoms with Crippen molar-refractivity contribution >= 4 is 11.6 Å². The van der Waals surface area contributed by atoms with E-state index in [2.05, 4.69) is 18.3 Å². The summed E-state index contributed by atoms with van der Waals surface area (Å²) in [5.41, 5.74) is 2.97. The van der Waals surface area contributed by atoms with E-state index in [9.17, 15) is 0 Å². The van der Waals surface area contributed by atoms with Crippen molar-refractivity contribution in [1.82, 2.24) is 5.32 Å². The highest BCUT2D eigenvalue weighted by molar-refractivity contribution is 6.32. The average molecular weight is 336 g/mol. The first-order valence-electron chi connectivity index (χ1n) is 7.32. The van der Waals surface area contributed by atoms with Crippen LogP contribution in [0.5, 0.6) is 17.2 Å². The number of ether oxygens (including phenoxy) is 3. The molecule has 2 rings (SSSR count). The minimum atomic E-state index is 0.183. The van der Waals surface area contributed by atoms with Gasteiger partial charge in [-0.05, 0) is 49.4 Å². The first-order valence-corrected chi connectivity index (χ1v) is 7.70. The summed E-state index contributed by atoms with van der Waals surface area (Å²) in [4.78, 5) is 0. The maximum absolute atomic E-state index is 6.27. The van der Waals surface area contributed by atoms with Crippen LogP contribution in [0.3, 0.4) is 0 Å². The van der Waals surface area contributed by atoms with Crippen LogP contribution < -0.4 is 19.5 Å². The van der Waals surface area contributed by atoms with E-state index in [-0.39, 0.29) is 6.04 Å². The Kier molecular flexibility index (Phi) is 5.74. The summed E-state index contributed by atoms with van der Waals surface area (Å²) in [6, 6.07) is 9.91. The largest absolute Gasteiger partial charge is 0.495 e. The quantitative estimate of drug-likeness (QED) is 0.853. The first-order chi connectivity index (χ1) is 11.0. The van der Waals surface area contributed by atoms with E-state index >= 15 is 0 Å². The van der Waals surface area contributed by atoms with Crippen LogP contribution in [0.4, 0.5) is 0 Å². The molecule has 1 N–H and O–H groups in total. The lowest BCUT2D eigenvalue weighted by Gasteiger charge is -2.18. The molecule has 0 radical (unpaired) electrons. The molecular weight excluding hydrogens is 314 g/mol. The van der Waals surface area contributed by atoms with Gasteiger partial charge in [0.15, 0.2) is 11.5 Å². The van der Waals surface area contributed by atoms with E-state index in [0.29, 0.717) is 22.3 Å². The van der Waals surface area contributed by atoms with Gasteiger partial charge < -0.3 is 19.5 Å². The van der Waals surface area contributed by atoms with Crippen LogP contribution in [0, 0.1) is 0 Å². The molecule has 0 aromatic heterocycles. The lowest BCUT2D eigenvalue weighted by Crippen LogP contribution is -2.12. The number of rotatable bonds is 6. The zero-order chi connectivity index (χ0) is 17.0. The fourth-order valence-corrected chi connectivity index (χ4v) is 2.71. The van der Waals surface area contributed by atoms with Crippen molar-refractivity contribution in [2.75, 3.05) is 28.4 Å². The van der Waals surface area contributed by atoms with Gasteiger partial charge in [-0.3, -0.25) is 0 Å². The van der Waals surface area contributed by atoms with E-state index < -0.39 is 0 Å². The molecule has 0 spiro atoms. The van der Waals surface area contributed by atoms with Gasteiger partial charge in [-0.1, -0.05) is 17.7 Å². The molecule has 0 heterocycles. The van der Waals surface area contributed by atoms with Crippen LogP contribution in [0.25, 0.3) is 11.1 Å². The minimum absolute atomic E-state index is 0.183. The summed E-state index contributed by atoms with van der Waals surface area (Å²) in [5.74, 6) is 2.01. The van der Waals surface area contributed by atoms with Gasteiger partial charge in [0.25, 0.3) is 0 Å². The molecule has 0 saturated heterocycles. The van der Waals surface area contributed by atoms with E-state index in [4.69, 9.17) is 25.8 Å². The highest BCUT2D eigenvalue weighted by Crippen LogP contribution is 2.42. The molecule has 2 aromatic carbocycles. The fourth-order valence-electron chi connectivity index (χ4n) is 2.45. The lowest BCUT2D eigenvalue weighted by atomic mass is 9.98. The van der Waals surface area contributed by atoms with Crippen molar-refractivity contribution < 1.29 is 14.2 Å². The monoisotopic (exact) mass is 335 g/mol. The van der Waals surface area contributed by atoms with Crippen molar-refractivity contribution in [3.05, 3.63) is 40.9 Å². The molecule has 0 bridgehead atoms. The second kappa shape index (κ2) is 7.57. The van der Waals surface area contributed by atoms with E-state index in [1.807, 2.05) is 31.3 Å². The number of halogens is 1. The standard InChI is InChI=1S/C18H22ClNO3/c1-11(20-2)13-8-14(18(23-5)17(10-13)22-4)12-6-7-16(21-3)15(19)9-12/h6-11,20H,1-5H3. The van der Waals surface area contributed by atoms with Crippen molar-refractivity contribution in [2.24, 2.45) is 0 Å². The number of benzene rings is 2. The molecule has 0 fully saturated rings. The Morgan fingerprint density at radius 3 is 2.17 bits per heavy atom. The molecule has 4 nitrogen and oxygen atoms in total. The number of methoxy groups -OCH3 is 3. The number of hydrogen-bond acceptors (Lipinski definition) is 4. The third kappa shape index (κ3) is 3.54. The van der Waals surface area contributed by atoms with Crippen LogP contribution in [0.2, 0.25) is 5.02 Å². The van der Waals surface area contributed by atoms with Gasteiger partial charge in [0.1, 0.15) is 5.75 Å². The summed E-state index contributed by atoms with van der Waals surface area (Å²) in [7, 11) is 6.79. The molecule has 5 heteroatoms. The maximum Gasteiger partial charge on any atom is 0.168 e. The van der Waals surface area contributed by atoms with E-state index in [1.165, 1.54) is 0 Å². The molecule has 0 aliphatic heterocycles. The predicted molar refractivity (Wildman–Crippen MR) is 94.0 cm³/mol. The number of nitrogens with one attached hydrogen (secondary N) is 1. The maximum atomic E-state index is 6.27. The highest BCUT2D eigenvalue weighted by atomic mass is 35.5. The molecule has 0 saturated carbocycles. The van der Waals surface area contributed by atoms with Crippen molar-refractivity contribution in [3.63, 3.8) is 0 Å². The molecule has 0 aliphatic carbocycles. The molecule has 124 valence electrons. The smallest absolute Gasteiger partial charge is 0.168 e. The van der Waals surface area contributed by atoms with Crippen molar-refractivity contribution in [3.8, 4) is 28.4 Å². The summed E-state index contributed by atoms with van der Waals surface area (Å²) in [6.45, 7) is 2.09. The minimum Gasteiger partial charge on any atom is -0.495 e. The van der Waals surface area contributed by atoms with Crippen LogP contribution in [-0.4, -0.2) is 28.4 Å². The Labute approximate surface area is 142 Å². The van der Waals surface area contributed by atoms with Gasteiger partial charge in [0.2, 0.25) is 0 Å². The number of hydrogen-bond donors (Lipinski definition) is 1. The summed E-state index contributed by atoms with van der Waals surface area (Å²) < 4.78 is 16.3. The average Bonchev–Trinajstić information content (AvgIpc) is 2.59. The lowest BCUT2D eigenvalue weighted by molar-refractivity contribution is 0.355. The fraction of sp³-hybridized carbons (Fsp3) is 0.333. The highest BCUT2D eigenvalue weighted by Gasteiger charge is 2.17. The van der Waals surface area contributed by atoms with Crippen molar-refractivity contribution in [1.29, 1.82) is 0 Å². The molecule has 1 unspecified atom stereocenters. The van der Waals surface area contributed by atoms with E-state index in [0.717, 1.165) is 16.7 Å². The zero-order valence-corrected chi connectivity index (χ0v) is 14.8. The molecule has 23 heavy (non-hydrogen) atoms. The zero-order valence-electron chi connectivity index (χ0n) is 14.1. The summed E-state index contributed by atoms with van der Waals surface area (Å²) >= 11 is 6.27. The molecular formula is C18H22ClNO3. The van der Waals surface area contributed by atoms with Crippen molar-refractivity contribution in [2.45, 2.75) is 13.0 Å². The Morgan fingerprint density at radius 1 is 0.957 bits per heavy atom. The van der Waals surface area contributed by atoms with Gasteiger partial charge in [0.05, 0.1) is 26.4 Å². The second-order valence-electron chi connectivity index (χ2n) is 5.16. The third-order valence-electron chi connectivity index (χ3n) is 3.90. The van der Waals surface area contributed by atoms with Crippen LogP contribution in [0.1, 0.15) is 18.5 Å². The second-order valence-corrected chi connectivity index (χ2v) is 5.57. The summed E-state index contributed by atoms with van der Waals surface area (Å²) in [5, 5.41) is 3.79. The topological polar surface area (TPSA) is 39.7 Å². The van der Waals surface area contributed by atoms with E-state index in [1.54, 1.807) is 21.3 Å². The Morgan fingerprint density at radius 2 is 1.65 bits per heavy atom. The van der Waals surface area contributed by atoms with Gasteiger partial charge in [0, 0.05) is 11.6 Å². The van der Waals surface area contributed by atoms with Gasteiger partial charge in [-0.15, -0.1) is 0 Å². The SMILES string of the molecule is CNC(C)c1cc(OC)c(OC)c(-c2ccc(OC)c(Cl)c2)c1. The molecule has 0 amide bonds. The molecule has 0 aliphatic rings. The van der Waals surface area contributed by atoms with Crippen LogP contribution >= 0.6 is 11.6 Å². The Balaban J connectivity index is 2.65. The third-order valence-corrected chi connectivity index (χ3v) is 4.19. The van der Waals surface area contributed by atoms with Crippen LogP contribution in [-0.2, 0) is 0 Å². The Bertz CT molecular complexity index is 688. The first kappa shape index (κ1) is 17.4. The molecule has 1 atom stereocenters. The van der Waals surface area contributed by atoms with Crippen LogP contribution in [0.15, 0.2) is 30.3 Å². The molecule has 2 aromatic rings. The van der Waals surface area contributed by atoms with Gasteiger partial charge in [-0.2, -0.15) is 0 Å². The Hall–Kier alpha value is -1.91. The predicted octanol–water partition coefficient (Wildman–Crippen LogP) is 4.31. The van der Waals surface area contributed by atoms with Gasteiger partial charge >= 0.3 is 0 Å². The normalized spacial score (nSPS) is 11.9. The van der Waals surface area contributed by atoms with Gasteiger partial charge in [-0.25, -0.2) is 0 Å².